The fraction of sp³-hybridized carbons (Fsp3) is 0.257. The van der Waals surface area contributed by atoms with Crippen LogP contribution < -0.4 is 16.4 Å². The number of aromatic nitrogens is 4. The number of aryl methyl sites for hydroxylation is 2. The first-order valence-electron chi connectivity index (χ1n) is 15.5. The molecule has 2 aromatic heterocycles. The van der Waals surface area contributed by atoms with Crippen molar-refractivity contribution in [2.45, 2.75) is 58.5 Å². The largest absolute Gasteiger partial charge is 0.495 e. The van der Waals surface area contributed by atoms with E-state index in [1.165, 1.54) is 6.20 Å². The number of carbonyl (C=O) groups is 2. The van der Waals surface area contributed by atoms with E-state index in [4.69, 9.17) is 10.8 Å². The second-order valence-electron chi connectivity index (χ2n) is 12.0. The number of nitrogens with one attached hydrogen (secondary N) is 2. The zero-order chi connectivity index (χ0) is 34.1. The minimum Gasteiger partial charge on any atom is -0.495 e. The van der Waals surface area contributed by atoms with Crippen molar-refractivity contribution in [1.29, 1.82) is 0 Å². The van der Waals surface area contributed by atoms with Gasteiger partial charge in [-0.2, -0.15) is 9.97 Å². The summed E-state index contributed by atoms with van der Waals surface area (Å²) >= 11 is 0. The minimum absolute atomic E-state index is 0.120. The first-order valence-corrected chi connectivity index (χ1v) is 15.5. The first-order chi connectivity index (χ1) is 23.0. The van der Waals surface area contributed by atoms with Crippen LogP contribution in [0, 0.1) is 13.8 Å². The van der Waals surface area contributed by atoms with E-state index in [2.05, 4.69) is 54.8 Å². The van der Waals surface area contributed by atoms with Gasteiger partial charge in [0, 0.05) is 17.7 Å². The highest BCUT2D eigenvalue weighted by Crippen LogP contribution is 2.43. The monoisotopic (exact) mass is 649 g/mol. The van der Waals surface area contributed by atoms with Gasteiger partial charge < -0.3 is 36.8 Å². The van der Waals surface area contributed by atoms with Crippen LogP contribution in [0.15, 0.2) is 71.4 Å². The number of benzene rings is 2. The van der Waals surface area contributed by atoms with Crippen molar-refractivity contribution in [3.05, 3.63) is 110 Å². The number of aliphatic carboxylic acids is 2. The van der Waals surface area contributed by atoms with Crippen LogP contribution in [0.5, 0.6) is 5.88 Å². The third-order valence-corrected chi connectivity index (χ3v) is 8.49. The number of aliphatic hydroxyl groups excluding tert-OH is 1. The maximum atomic E-state index is 12.0. The Kier molecular flexibility index (Phi) is 8.68. The van der Waals surface area contributed by atoms with E-state index in [1.54, 1.807) is 0 Å². The predicted octanol–water partition coefficient (Wildman–Crippen LogP) is 4.18. The molecule has 246 valence electrons. The van der Waals surface area contributed by atoms with Crippen LogP contribution in [0.25, 0.3) is 16.7 Å². The zero-order valence-corrected chi connectivity index (χ0v) is 26.4. The Morgan fingerprint density at radius 2 is 1.65 bits per heavy atom. The Balaban J connectivity index is 1.46. The molecule has 1 atom stereocenters. The molecular weight excluding hydrogens is 614 g/mol. The first kappa shape index (κ1) is 32.0. The SMILES string of the molecule is Cc1ccc2c(c1)Cc1cc(C)ccc1C2=C1C=C(NCc2cnc3c(O)nc(N)nc3n2)CC/C1=C(\O)NC(CCC(=O)O)C(=O)O. The quantitative estimate of drug-likeness (QED) is 0.112. The average molecular weight is 650 g/mol. The van der Waals surface area contributed by atoms with E-state index in [1.807, 2.05) is 32.1 Å². The highest BCUT2D eigenvalue weighted by molar-refractivity contribution is 5.91. The number of rotatable bonds is 9. The normalized spacial score (nSPS) is 15.7. The van der Waals surface area contributed by atoms with Crippen molar-refractivity contribution < 1.29 is 30.0 Å². The van der Waals surface area contributed by atoms with Gasteiger partial charge in [-0.05, 0) is 79.0 Å². The maximum Gasteiger partial charge on any atom is 0.326 e. The summed E-state index contributed by atoms with van der Waals surface area (Å²) in [7, 11) is 0. The van der Waals surface area contributed by atoms with Gasteiger partial charge in [0.1, 0.15) is 6.04 Å². The summed E-state index contributed by atoms with van der Waals surface area (Å²) in [6.07, 6.45) is 4.46. The minimum atomic E-state index is -1.30. The lowest BCUT2D eigenvalue weighted by atomic mass is 9.76. The summed E-state index contributed by atoms with van der Waals surface area (Å²) in [4.78, 5) is 39.7. The van der Waals surface area contributed by atoms with Crippen molar-refractivity contribution in [1.82, 2.24) is 30.6 Å². The van der Waals surface area contributed by atoms with Gasteiger partial charge in [0.15, 0.2) is 17.0 Å². The molecule has 48 heavy (non-hydrogen) atoms. The number of anilines is 1. The number of aliphatic hydroxyl groups is 1. The zero-order valence-electron chi connectivity index (χ0n) is 26.4. The number of carboxylic acid groups (broad SMARTS) is 2. The lowest BCUT2D eigenvalue weighted by molar-refractivity contribution is -0.140. The highest BCUT2D eigenvalue weighted by atomic mass is 16.4. The van der Waals surface area contributed by atoms with Crippen molar-refractivity contribution in [3.8, 4) is 5.88 Å². The van der Waals surface area contributed by atoms with Crippen molar-refractivity contribution in [2.24, 2.45) is 0 Å². The molecule has 2 aliphatic rings. The Bertz CT molecular complexity index is 2020. The Labute approximate surface area is 275 Å². The lowest BCUT2D eigenvalue weighted by Crippen LogP contribution is -2.37. The number of fused-ring (bicyclic) bond motifs is 3. The van der Waals surface area contributed by atoms with E-state index in [9.17, 15) is 24.9 Å². The molecule has 0 saturated carbocycles. The topological polar surface area (TPSA) is 217 Å². The molecule has 2 aliphatic carbocycles. The number of nitrogen functional groups attached to an aromatic ring is 1. The number of nitrogens with zero attached hydrogens (tertiary/aromatic N) is 4. The van der Waals surface area contributed by atoms with Crippen LogP contribution in [-0.4, -0.2) is 58.3 Å². The Hall–Kier alpha value is -5.98. The van der Waals surface area contributed by atoms with Gasteiger partial charge >= 0.3 is 11.9 Å². The standard InChI is InChI=1S/C35H35N7O6/c1-17-3-6-23-19(11-17)13-20-12-18(2)4-7-24(20)29(23)26-14-21(5-8-25(26)32(45)40-27(34(47)48)9-10-28(43)44)37-15-22-16-38-30-31(39-22)41-35(36)42-33(30)46/h3-4,6-7,11-12,14,16,27,37,40,45H,5,8-10,13,15H2,1-2H3,(H,43,44)(H,47,48)(H3,36,39,41,42,46)/b32-25+. The summed E-state index contributed by atoms with van der Waals surface area (Å²) in [5, 5.41) is 46.6. The number of carboxylic acids is 2. The van der Waals surface area contributed by atoms with Gasteiger partial charge in [0.25, 0.3) is 0 Å². The van der Waals surface area contributed by atoms with Crippen molar-refractivity contribution >= 4 is 34.6 Å². The molecule has 0 amide bonds. The molecule has 0 fully saturated rings. The molecule has 0 radical (unpaired) electrons. The molecule has 8 N–H and O–H groups in total. The number of allylic oxidation sites excluding steroid dienone is 4. The van der Waals surface area contributed by atoms with Gasteiger partial charge in [-0.1, -0.05) is 47.5 Å². The Morgan fingerprint density at radius 3 is 2.29 bits per heavy atom. The lowest BCUT2D eigenvalue weighted by Gasteiger charge is -2.30. The summed E-state index contributed by atoms with van der Waals surface area (Å²) in [6.45, 7) is 4.36. The van der Waals surface area contributed by atoms with Gasteiger partial charge in [0.2, 0.25) is 11.8 Å². The Morgan fingerprint density at radius 1 is 0.958 bits per heavy atom. The third-order valence-electron chi connectivity index (χ3n) is 8.49. The number of nitrogens with two attached hydrogens (primary N) is 1. The fourth-order valence-electron chi connectivity index (χ4n) is 6.21. The molecule has 1 unspecified atom stereocenters. The van der Waals surface area contributed by atoms with E-state index in [0.29, 0.717) is 29.7 Å². The van der Waals surface area contributed by atoms with Gasteiger partial charge in [-0.25, -0.2) is 14.8 Å². The summed E-state index contributed by atoms with van der Waals surface area (Å²) < 4.78 is 0. The van der Waals surface area contributed by atoms with Crippen molar-refractivity contribution in [2.75, 3.05) is 5.73 Å². The van der Waals surface area contributed by atoms with Crippen LogP contribution in [0.4, 0.5) is 5.95 Å². The molecule has 2 aromatic carbocycles. The number of hydrogen-bond acceptors (Lipinski definition) is 11. The van der Waals surface area contributed by atoms with E-state index in [0.717, 1.165) is 51.1 Å². The maximum absolute atomic E-state index is 12.0. The molecule has 13 heteroatoms. The molecule has 4 aromatic rings. The van der Waals surface area contributed by atoms with Gasteiger partial charge in [-0.3, -0.25) is 4.79 Å². The summed E-state index contributed by atoms with van der Waals surface area (Å²) in [5.74, 6) is -3.17. The average Bonchev–Trinajstić information content (AvgIpc) is 3.03. The molecule has 0 saturated heterocycles. The molecule has 0 spiro atoms. The number of aromatic hydroxyl groups is 1. The predicted molar refractivity (Wildman–Crippen MR) is 178 cm³/mol. The molecular formula is C35H35N7O6. The molecule has 0 aliphatic heterocycles. The van der Waals surface area contributed by atoms with Crippen LogP contribution in [0.1, 0.15) is 64.8 Å². The summed E-state index contributed by atoms with van der Waals surface area (Å²) in [5.41, 5.74) is 16.0. The second-order valence-corrected chi connectivity index (χ2v) is 12.0. The van der Waals surface area contributed by atoms with Crippen LogP contribution in [-0.2, 0) is 22.6 Å². The molecule has 2 heterocycles. The van der Waals surface area contributed by atoms with Gasteiger partial charge in [0.05, 0.1) is 18.4 Å². The van der Waals surface area contributed by atoms with E-state index < -0.39 is 18.0 Å². The molecule has 6 rings (SSSR count). The highest BCUT2D eigenvalue weighted by Gasteiger charge is 2.29. The molecule has 0 bridgehead atoms. The van der Waals surface area contributed by atoms with Crippen LogP contribution in [0.2, 0.25) is 0 Å². The molecule has 13 nitrogen and oxygen atoms in total. The van der Waals surface area contributed by atoms with Crippen LogP contribution in [0.3, 0.4) is 0 Å². The van der Waals surface area contributed by atoms with Crippen LogP contribution >= 0.6 is 0 Å². The smallest absolute Gasteiger partial charge is 0.326 e. The third kappa shape index (κ3) is 6.61. The fourth-order valence-corrected chi connectivity index (χ4v) is 6.21. The second kappa shape index (κ2) is 13.0. The van der Waals surface area contributed by atoms with Crippen molar-refractivity contribution in [3.63, 3.8) is 0 Å². The summed E-state index contributed by atoms with van der Waals surface area (Å²) in [6, 6.07) is 11.3. The van der Waals surface area contributed by atoms with E-state index >= 15 is 0 Å². The number of hydrogen-bond donors (Lipinski definition) is 7. The van der Waals surface area contributed by atoms with Gasteiger partial charge in [-0.15, -0.1) is 0 Å². The van der Waals surface area contributed by atoms with E-state index in [-0.39, 0.29) is 48.3 Å².